The van der Waals surface area contributed by atoms with Gasteiger partial charge in [-0.2, -0.15) is 0 Å². The van der Waals surface area contributed by atoms with Crippen LogP contribution in [0.2, 0.25) is 0 Å². The molecule has 0 spiro atoms. The lowest BCUT2D eigenvalue weighted by molar-refractivity contribution is 0.102. The highest BCUT2D eigenvalue weighted by atomic mass is 16.1. The first-order chi connectivity index (χ1) is 8.56. The van der Waals surface area contributed by atoms with Crippen molar-refractivity contribution in [3.8, 4) is 0 Å². The molecule has 1 amide bonds. The molecule has 1 aromatic heterocycles. The number of aromatic nitrogens is 2. The third kappa shape index (κ3) is 2.71. The summed E-state index contributed by atoms with van der Waals surface area (Å²) in [5.41, 5.74) is 4.11. The summed E-state index contributed by atoms with van der Waals surface area (Å²) in [6, 6.07) is 5.88. The zero-order chi connectivity index (χ0) is 13.1. The fraction of sp³-hybridized carbons (Fsp3) is 0.214. The van der Waals surface area contributed by atoms with E-state index in [1.807, 2.05) is 39.0 Å². The van der Waals surface area contributed by atoms with E-state index < -0.39 is 0 Å². The van der Waals surface area contributed by atoms with Crippen molar-refractivity contribution in [2.75, 3.05) is 5.32 Å². The Hall–Kier alpha value is -2.23. The van der Waals surface area contributed by atoms with Gasteiger partial charge in [-0.05, 0) is 32.4 Å². The molecule has 2 rings (SSSR count). The summed E-state index contributed by atoms with van der Waals surface area (Å²) in [4.78, 5) is 20.1. The molecular formula is C14H15N3O. The predicted octanol–water partition coefficient (Wildman–Crippen LogP) is 2.65. The number of rotatable bonds is 2. The van der Waals surface area contributed by atoms with Gasteiger partial charge in [0.2, 0.25) is 0 Å². The van der Waals surface area contributed by atoms with Gasteiger partial charge in [0.15, 0.2) is 0 Å². The molecule has 4 heteroatoms. The van der Waals surface area contributed by atoms with E-state index in [-0.39, 0.29) is 5.91 Å². The summed E-state index contributed by atoms with van der Waals surface area (Å²) in [6.45, 7) is 5.81. The molecule has 4 nitrogen and oxygen atoms in total. The highest BCUT2D eigenvalue weighted by Crippen LogP contribution is 2.16. The summed E-state index contributed by atoms with van der Waals surface area (Å²) < 4.78 is 0. The van der Waals surface area contributed by atoms with Gasteiger partial charge in [-0.25, -0.2) is 4.98 Å². The average molecular weight is 241 g/mol. The summed E-state index contributed by atoms with van der Waals surface area (Å²) in [5, 5.41) is 2.83. The second-order valence-corrected chi connectivity index (χ2v) is 4.32. The number of benzene rings is 1. The van der Waals surface area contributed by atoms with Crippen LogP contribution in [0.15, 0.2) is 30.6 Å². The molecule has 0 radical (unpaired) electrons. The number of nitrogens with zero attached hydrogens (tertiary/aromatic N) is 2. The summed E-state index contributed by atoms with van der Waals surface area (Å²) in [7, 11) is 0. The number of hydrogen-bond acceptors (Lipinski definition) is 3. The predicted molar refractivity (Wildman–Crippen MR) is 70.6 cm³/mol. The number of hydrogen-bond donors (Lipinski definition) is 1. The minimum atomic E-state index is -0.241. The molecule has 1 N–H and O–H groups in total. The first kappa shape index (κ1) is 12.2. The Balaban J connectivity index is 2.18. The van der Waals surface area contributed by atoms with Gasteiger partial charge in [0.05, 0.1) is 11.9 Å². The van der Waals surface area contributed by atoms with Gasteiger partial charge in [-0.15, -0.1) is 0 Å². The lowest BCUT2D eigenvalue weighted by atomic mass is 10.1. The van der Waals surface area contributed by atoms with Gasteiger partial charge in [-0.1, -0.05) is 17.7 Å². The van der Waals surface area contributed by atoms with E-state index in [4.69, 9.17) is 0 Å². The zero-order valence-corrected chi connectivity index (χ0v) is 10.7. The molecule has 0 bridgehead atoms. The normalized spacial score (nSPS) is 10.2. The number of carbonyl (C=O) groups is 1. The van der Waals surface area contributed by atoms with Crippen molar-refractivity contribution >= 4 is 11.6 Å². The Morgan fingerprint density at radius 2 is 1.89 bits per heavy atom. The first-order valence-corrected chi connectivity index (χ1v) is 5.73. The standard InChI is InChI=1S/C14H15N3O/c1-9-4-5-12(10(2)6-9)17-14(18)13-8-15-11(3)7-16-13/h4-8H,1-3H3,(H,17,18). The number of carbonyl (C=O) groups excluding carboxylic acids is 1. The molecule has 92 valence electrons. The molecule has 0 aliphatic heterocycles. The van der Waals surface area contributed by atoms with Crippen molar-refractivity contribution in [2.24, 2.45) is 0 Å². The van der Waals surface area contributed by atoms with Crippen LogP contribution in [0.25, 0.3) is 0 Å². The van der Waals surface area contributed by atoms with Gasteiger partial charge in [-0.3, -0.25) is 9.78 Å². The molecule has 0 saturated heterocycles. The summed E-state index contributed by atoms with van der Waals surface area (Å²) in [5.74, 6) is -0.241. The maximum Gasteiger partial charge on any atom is 0.275 e. The van der Waals surface area contributed by atoms with Crippen molar-refractivity contribution in [1.82, 2.24) is 9.97 Å². The maximum absolute atomic E-state index is 11.9. The van der Waals surface area contributed by atoms with E-state index in [1.165, 1.54) is 11.8 Å². The van der Waals surface area contributed by atoms with Crippen LogP contribution in [0.4, 0.5) is 5.69 Å². The average Bonchev–Trinajstić information content (AvgIpc) is 2.33. The third-order valence-corrected chi connectivity index (χ3v) is 2.64. The minimum absolute atomic E-state index is 0.241. The molecule has 0 fully saturated rings. The van der Waals surface area contributed by atoms with E-state index in [9.17, 15) is 4.79 Å². The van der Waals surface area contributed by atoms with Gasteiger partial charge in [0.25, 0.3) is 5.91 Å². The Kier molecular flexibility index (Phi) is 3.37. The summed E-state index contributed by atoms with van der Waals surface area (Å²) in [6.07, 6.45) is 3.06. The van der Waals surface area contributed by atoms with E-state index in [0.717, 1.165) is 16.9 Å². The Morgan fingerprint density at radius 3 is 2.50 bits per heavy atom. The lowest BCUT2D eigenvalue weighted by Crippen LogP contribution is -2.14. The van der Waals surface area contributed by atoms with Crippen LogP contribution >= 0.6 is 0 Å². The van der Waals surface area contributed by atoms with Crippen LogP contribution in [0.1, 0.15) is 27.3 Å². The first-order valence-electron chi connectivity index (χ1n) is 5.73. The SMILES string of the molecule is Cc1ccc(NC(=O)c2cnc(C)cn2)c(C)c1. The fourth-order valence-electron chi connectivity index (χ4n) is 1.65. The molecule has 0 saturated carbocycles. The Morgan fingerprint density at radius 1 is 1.11 bits per heavy atom. The van der Waals surface area contributed by atoms with E-state index >= 15 is 0 Å². The largest absolute Gasteiger partial charge is 0.320 e. The van der Waals surface area contributed by atoms with E-state index in [0.29, 0.717) is 5.69 Å². The van der Waals surface area contributed by atoms with Gasteiger partial charge in [0.1, 0.15) is 5.69 Å². The van der Waals surface area contributed by atoms with Crippen molar-refractivity contribution in [2.45, 2.75) is 20.8 Å². The zero-order valence-electron chi connectivity index (χ0n) is 10.7. The molecule has 0 aliphatic rings. The highest BCUT2D eigenvalue weighted by molar-refractivity contribution is 6.03. The van der Waals surface area contributed by atoms with Crippen LogP contribution in [0, 0.1) is 20.8 Å². The second kappa shape index (κ2) is 4.96. The highest BCUT2D eigenvalue weighted by Gasteiger charge is 2.09. The van der Waals surface area contributed by atoms with Gasteiger partial charge >= 0.3 is 0 Å². The molecule has 0 aliphatic carbocycles. The Labute approximate surface area is 106 Å². The van der Waals surface area contributed by atoms with Gasteiger partial charge in [0, 0.05) is 11.9 Å². The summed E-state index contributed by atoms with van der Waals surface area (Å²) >= 11 is 0. The van der Waals surface area contributed by atoms with Crippen molar-refractivity contribution in [3.05, 3.63) is 53.1 Å². The number of aryl methyl sites for hydroxylation is 3. The monoisotopic (exact) mass is 241 g/mol. The molecule has 1 aromatic carbocycles. The van der Waals surface area contributed by atoms with Crippen LogP contribution in [-0.4, -0.2) is 15.9 Å². The lowest BCUT2D eigenvalue weighted by Gasteiger charge is -2.08. The van der Waals surface area contributed by atoms with Gasteiger partial charge < -0.3 is 5.32 Å². The molecule has 0 atom stereocenters. The smallest absolute Gasteiger partial charge is 0.275 e. The number of nitrogens with one attached hydrogen (secondary N) is 1. The molecule has 18 heavy (non-hydrogen) atoms. The minimum Gasteiger partial charge on any atom is -0.320 e. The van der Waals surface area contributed by atoms with Crippen LogP contribution < -0.4 is 5.32 Å². The quantitative estimate of drug-likeness (QED) is 0.879. The third-order valence-electron chi connectivity index (χ3n) is 2.64. The van der Waals surface area contributed by atoms with Crippen molar-refractivity contribution in [3.63, 3.8) is 0 Å². The van der Waals surface area contributed by atoms with E-state index in [1.54, 1.807) is 6.20 Å². The number of anilines is 1. The van der Waals surface area contributed by atoms with Crippen LogP contribution in [0.3, 0.4) is 0 Å². The van der Waals surface area contributed by atoms with Crippen LogP contribution in [-0.2, 0) is 0 Å². The molecule has 2 aromatic rings. The van der Waals surface area contributed by atoms with Crippen molar-refractivity contribution < 1.29 is 4.79 Å². The second-order valence-electron chi connectivity index (χ2n) is 4.32. The fourth-order valence-corrected chi connectivity index (χ4v) is 1.65. The Bertz CT molecular complexity index is 576. The van der Waals surface area contributed by atoms with E-state index in [2.05, 4.69) is 15.3 Å². The maximum atomic E-state index is 11.9. The number of amides is 1. The molecule has 1 heterocycles. The molecule has 0 unspecified atom stereocenters. The van der Waals surface area contributed by atoms with Crippen LogP contribution in [0.5, 0.6) is 0 Å². The topological polar surface area (TPSA) is 54.9 Å². The molecular weight excluding hydrogens is 226 g/mol. The van der Waals surface area contributed by atoms with Crippen molar-refractivity contribution in [1.29, 1.82) is 0 Å².